The Kier molecular flexibility index (Phi) is 4.59. The summed E-state index contributed by atoms with van der Waals surface area (Å²) in [5, 5.41) is 10.7. The van der Waals surface area contributed by atoms with Crippen molar-refractivity contribution in [2.45, 2.75) is 31.7 Å². The molecule has 4 aliphatic rings. The number of aliphatic hydroxyl groups excluding tert-OH is 1. The zero-order chi connectivity index (χ0) is 17.6. The third-order valence-electron chi connectivity index (χ3n) is 6.01. The highest BCUT2D eigenvalue weighted by molar-refractivity contribution is 5.76. The Bertz CT molecular complexity index is 537. The molecule has 6 atom stereocenters. The summed E-state index contributed by atoms with van der Waals surface area (Å²) in [7, 11) is 0. The predicted molar refractivity (Wildman–Crippen MR) is 85.7 cm³/mol. The summed E-state index contributed by atoms with van der Waals surface area (Å²) in [6, 6.07) is -0.00606. The minimum absolute atomic E-state index is 0.00606. The molecule has 0 aromatic rings. The van der Waals surface area contributed by atoms with Crippen molar-refractivity contribution < 1.29 is 28.9 Å². The molecule has 8 heteroatoms. The summed E-state index contributed by atoms with van der Waals surface area (Å²) in [4.78, 5) is 28.6. The summed E-state index contributed by atoms with van der Waals surface area (Å²) >= 11 is 0. The van der Waals surface area contributed by atoms with E-state index in [0.29, 0.717) is 52.4 Å². The van der Waals surface area contributed by atoms with Gasteiger partial charge in [-0.25, -0.2) is 4.79 Å². The highest BCUT2D eigenvalue weighted by Gasteiger charge is 2.59. The van der Waals surface area contributed by atoms with Gasteiger partial charge in [0.25, 0.3) is 0 Å². The molecular weight excluding hydrogens is 328 g/mol. The molecule has 4 aliphatic heterocycles. The number of esters is 1. The number of carbonyl (C=O) groups is 2. The number of urea groups is 1. The van der Waals surface area contributed by atoms with E-state index in [2.05, 4.69) is 0 Å². The lowest BCUT2D eigenvalue weighted by atomic mass is 9.83. The maximum absolute atomic E-state index is 12.8. The largest absolute Gasteiger partial charge is 0.466 e. The number of ether oxygens (including phenoxy) is 3. The zero-order valence-corrected chi connectivity index (χ0v) is 14.5. The van der Waals surface area contributed by atoms with Crippen molar-refractivity contribution >= 4 is 12.0 Å². The fraction of sp³-hybridized carbons (Fsp3) is 0.882. The van der Waals surface area contributed by atoms with Crippen molar-refractivity contribution in [1.29, 1.82) is 0 Å². The van der Waals surface area contributed by atoms with Crippen LogP contribution in [0.25, 0.3) is 0 Å². The Balaban J connectivity index is 1.47. The van der Waals surface area contributed by atoms with Gasteiger partial charge in [0.2, 0.25) is 0 Å². The van der Waals surface area contributed by atoms with Crippen molar-refractivity contribution in [2.75, 3.05) is 46.0 Å². The van der Waals surface area contributed by atoms with Crippen LogP contribution in [0.1, 0.15) is 13.3 Å². The highest BCUT2D eigenvalue weighted by Crippen LogP contribution is 2.47. The molecular formula is C17H26N2O6. The van der Waals surface area contributed by atoms with Crippen molar-refractivity contribution in [3.63, 3.8) is 0 Å². The molecule has 4 heterocycles. The van der Waals surface area contributed by atoms with Crippen LogP contribution >= 0.6 is 0 Å². The first kappa shape index (κ1) is 17.1. The van der Waals surface area contributed by atoms with Crippen LogP contribution in [0.5, 0.6) is 0 Å². The second-order valence-corrected chi connectivity index (χ2v) is 7.34. The first-order chi connectivity index (χ1) is 12.1. The predicted octanol–water partition coefficient (Wildman–Crippen LogP) is -0.302. The number of carbonyl (C=O) groups excluding carboxylic acids is 2. The number of morpholine rings is 1. The molecule has 25 heavy (non-hydrogen) atoms. The lowest BCUT2D eigenvalue weighted by Gasteiger charge is -2.35. The number of hydrogen-bond donors (Lipinski definition) is 1. The minimum Gasteiger partial charge on any atom is -0.466 e. The van der Waals surface area contributed by atoms with Gasteiger partial charge in [0.05, 0.1) is 44.1 Å². The van der Waals surface area contributed by atoms with Crippen LogP contribution in [0.4, 0.5) is 4.79 Å². The van der Waals surface area contributed by atoms with Gasteiger partial charge >= 0.3 is 12.0 Å². The third-order valence-corrected chi connectivity index (χ3v) is 6.01. The van der Waals surface area contributed by atoms with E-state index in [1.807, 2.05) is 0 Å². The van der Waals surface area contributed by atoms with Crippen molar-refractivity contribution in [2.24, 2.45) is 17.8 Å². The number of amides is 2. The van der Waals surface area contributed by atoms with Gasteiger partial charge in [-0.3, -0.25) is 4.79 Å². The van der Waals surface area contributed by atoms with E-state index in [-0.39, 0.29) is 42.0 Å². The molecule has 2 bridgehead atoms. The van der Waals surface area contributed by atoms with E-state index < -0.39 is 6.10 Å². The molecule has 0 saturated carbocycles. The maximum atomic E-state index is 12.8. The van der Waals surface area contributed by atoms with Gasteiger partial charge in [-0.1, -0.05) is 0 Å². The van der Waals surface area contributed by atoms with Crippen molar-refractivity contribution in [3.8, 4) is 0 Å². The SMILES string of the molecule is CCOC(=O)[C@H]1C[C@@H]2O[C@H]1[C@H]1CN(C(=O)N3CCOCC3)C[C@H]1[C@@H]2O. The standard InChI is InChI=1S/C17H26N2O6/c1-2-24-16(21)10-7-13-14(20)11-8-19(9-12(11)15(10)25-13)17(22)18-3-5-23-6-4-18/h10-15,20H,2-9H2,1H3/t10-,11+,12-,13-,14-,15+/m0/s1. The van der Waals surface area contributed by atoms with Gasteiger partial charge in [0.1, 0.15) is 0 Å². The van der Waals surface area contributed by atoms with E-state index in [1.165, 1.54) is 0 Å². The van der Waals surface area contributed by atoms with Crippen LogP contribution in [-0.2, 0) is 19.0 Å². The molecule has 0 aliphatic carbocycles. The molecule has 8 nitrogen and oxygen atoms in total. The monoisotopic (exact) mass is 354 g/mol. The third kappa shape index (κ3) is 2.90. The van der Waals surface area contributed by atoms with Gasteiger partial charge in [-0.05, 0) is 13.3 Å². The normalized spacial score (nSPS) is 40.1. The summed E-state index contributed by atoms with van der Waals surface area (Å²) < 4.78 is 16.4. The Hall–Kier alpha value is -1.38. The van der Waals surface area contributed by atoms with Crippen LogP contribution < -0.4 is 0 Å². The lowest BCUT2D eigenvalue weighted by molar-refractivity contribution is -0.157. The summed E-state index contributed by atoms with van der Waals surface area (Å²) in [6.45, 7) is 5.49. The Morgan fingerprint density at radius 3 is 2.60 bits per heavy atom. The lowest BCUT2D eigenvalue weighted by Crippen LogP contribution is -2.48. The Labute approximate surface area is 147 Å². The molecule has 0 aromatic heterocycles. The van der Waals surface area contributed by atoms with Gasteiger partial charge in [0.15, 0.2) is 0 Å². The zero-order valence-electron chi connectivity index (χ0n) is 14.5. The number of nitrogens with zero attached hydrogens (tertiary/aromatic N) is 2. The van der Waals surface area contributed by atoms with Crippen LogP contribution in [-0.4, -0.2) is 91.2 Å². The second kappa shape index (κ2) is 6.74. The van der Waals surface area contributed by atoms with Crippen molar-refractivity contribution in [1.82, 2.24) is 9.80 Å². The fourth-order valence-corrected chi connectivity index (χ4v) is 4.79. The smallest absolute Gasteiger partial charge is 0.320 e. The van der Waals surface area contributed by atoms with Gasteiger partial charge < -0.3 is 29.1 Å². The molecule has 2 amide bonds. The molecule has 1 N–H and O–H groups in total. The molecule has 4 fully saturated rings. The number of rotatable bonds is 2. The Morgan fingerprint density at radius 2 is 1.88 bits per heavy atom. The van der Waals surface area contributed by atoms with E-state index in [0.717, 1.165) is 0 Å². The van der Waals surface area contributed by atoms with E-state index in [9.17, 15) is 14.7 Å². The van der Waals surface area contributed by atoms with Crippen LogP contribution in [0, 0.1) is 17.8 Å². The average molecular weight is 354 g/mol. The first-order valence-electron chi connectivity index (χ1n) is 9.22. The van der Waals surface area contributed by atoms with Crippen LogP contribution in [0.3, 0.4) is 0 Å². The van der Waals surface area contributed by atoms with Gasteiger partial charge in [0, 0.05) is 38.0 Å². The molecule has 0 radical (unpaired) electrons. The molecule has 0 unspecified atom stereocenters. The van der Waals surface area contributed by atoms with E-state index in [1.54, 1.807) is 16.7 Å². The number of fused-ring (bicyclic) bond motifs is 4. The molecule has 0 spiro atoms. The molecule has 140 valence electrons. The summed E-state index contributed by atoms with van der Waals surface area (Å²) in [6.07, 6.45) is -0.725. The molecule has 4 saturated heterocycles. The van der Waals surface area contributed by atoms with Gasteiger partial charge in [-0.2, -0.15) is 0 Å². The highest BCUT2D eigenvalue weighted by atomic mass is 16.5. The number of hydrogen-bond acceptors (Lipinski definition) is 6. The number of aliphatic hydroxyl groups is 1. The summed E-state index contributed by atoms with van der Waals surface area (Å²) in [5.74, 6) is -0.643. The van der Waals surface area contributed by atoms with E-state index in [4.69, 9.17) is 14.2 Å². The molecule has 4 rings (SSSR count). The van der Waals surface area contributed by atoms with Crippen LogP contribution in [0.15, 0.2) is 0 Å². The second-order valence-electron chi connectivity index (χ2n) is 7.34. The fourth-order valence-electron chi connectivity index (χ4n) is 4.79. The number of likely N-dealkylation sites (tertiary alicyclic amines) is 1. The maximum Gasteiger partial charge on any atom is 0.320 e. The quantitative estimate of drug-likeness (QED) is 0.685. The van der Waals surface area contributed by atoms with Crippen molar-refractivity contribution in [3.05, 3.63) is 0 Å². The summed E-state index contributed by atoms with van der Waals surface area (Å²) in [5.41, 5.74) is 0. The van der Waals surface area contributed by atoms with Crippen LogP contribution in [0.2, 0.25) is 0 Å². The average Bonchev–Trinajstić information content (AvgIpc) is 3.24. The first-order valence-corrected chi connectivity index (χ1v) is 9.22. The molecule has 0 aromatic carbocycles. The minimum atomic E-state index is -0.636. The van der Waals surface area contributed by atoms with Gasteiger partial charge in [-0.15, -0.1) is 0 Å². The topological polar surface area (TPSA) is 88.5 Å². The van der Waals surface area contributed by atoms with E-state index >= 15 is 0 Å². The Morgan fingerprint density at radius 1 is 1.16 bits per heavy atom.